The van der Waals surface area contributed by atoms with Crippen LogP contribution in [0.25, 0.3) is 0 Å². The van der Waals surface area contributed by atoms with E-state index in [4.69, 9.17) is 16.9 Å². The van der Waals surface area contributed by atoms with Crippen molar-refractivity contribution in [2.24, 2.45) is 5.41 Å². The smallest absolute Gasteiger partial charge is 0.231 e. The predicted octanol–water partition coefficient (Wildman–Crippen LogP) is 2.54. The van der Waals surface area contributed by atoms with E-state index in [1.54, 1.807) is 18.2 Å². The van der Waals surface area contributed by atoms with Crippen LogP contribution in [0.15, 0.2) is 18.2 Å². The van der Waals surface area contributed by atoms with Crippen molar-refractivity contribution >= 4 is 23.2 Å². The number of hydrogen-bond donors (Lipinski definition) is 2. The Morgan fingerprint density at radius 1 is 1.58 bits per heavy atom. The number of rotatable bonds is 2. The molecule has 1 atom stereocenters. The Morgan fingerprint density at radius 2 is 2.37 bits per heavy atom. The second kappa shape index (κ2) is 5.60. The van der Waals surface area contributed by atoms with Gasteiger partial charge in [0.05, 0.1) is 27.8 Å². The van der Waals surface area contributed by atoms with E-state index < -0.39 is 5.41 Å². The van der Waals surface area contributed by atoms with Gasteiger partial charge in [-0.05, 0) is 44.5 Å². The quantitative estimate of drug-likeness (QED) is 0.873. The molecule has 1 saturated heterocycles. The van der Waals surface area contributed by atoms with Gasteiger partial charge in [0.15, 0.2) is 0 Å². The molecule has 0 spiro atoms. The van der Waals surface area contributed by atoms with Crippen molar-refractivity contribution in [1.29, 1.82) is 5.26 Å². The molecule has 1 aliphatic heterocycles. The van der Waals surface area contributed by atoms with E-state index in [9.17, 15) is 4.79 Å². The van der Waals surface area contributed by atoms with Crippen molar-refractivity contribution in [2.45, 2.75) is 19.8 Å². The SMILES string of the molecule is CC1(C(=O)Nc2cc(C#N)ccc2Cl)CCCNC1. The van der Waals surface area contributed by atoms with Crippen molar-refractivity contribution in [2.75, 3.05) is 18.4 Å². The molecule has 0 aliphatic carbocycles. The number of nitrogens with one attached hydrogen (secondary N) is 2. The van der Waals surface area contributed by atoms with E-state index in [0.29, 0.717) is 22.8 Å². The van der Waals surface area contributed by atoms with Crippen LogP contribution in [0.1, 0.15) is 25.3 Å². The minimum atomic E-state index is -0.426. The predicted molar refractivity (Wildman–Crippen MR) is 75.0 cm³/mol. The van der Waals surface area contributed by atoms with Crippen molar-refractivity contribution in [3.63, 3.8) is 0 Å². The summed E-state index contributed by atoms with van der Waals surface area (Å²) in [6.45, 7) is 3.55. The summed E-state index contributed by atoms with van der Waals surface area (Å²) in [5, 5.41) is 15.4. The highest BCUT2D eigenvalue weighted by molar-refractivity contribution is 6.33. The summed E-state index contributed by atoms with van der Waals surface area (Å²) in [5.74, 6) is -0.0586. The summed E-state index contributed by atoms with van der Waals surface area (Å²) in [7, 11) is 0. The lowest BCUT2D eigenvalue weighted by Gasteiger charge is -2.32. The normalized spacial score (nSPS) is 22.6. The number of nitriles is 1. The number of carbonyl (C=O) groups excluding carboxylic acids is 1. The molecule has 100 valence electrons. The first kappa shape index (κ1) is 13.9. The van der Waals surface area contributed by atoms with Crippen molar-refractivity contribution < 1.29 is 4.79 Å². The fourth-order valence-corrected chi connectivity index (χ4v) is 2.38. The second-order valence-electron chi connectivity index (χ2n) is 5.10. The third-order valence-corrected chi connectivity index (χ3v) is 3.82. The molecule has 5 heteroatoms. The van der Waals surface area contributed by atoms with E-state index in [0.717, 1.165) is 19.4 Å². The molecule has 4 nitrogen and oxygen atoms in total. The van der Waals surface area contributed by atoms with E-state index in [2.05, 4.69) is 10.6 Å². The van der Waals surface area contributed by atoms with Crippen LogP contribution >= 0.6 is 11.6 Å². The maximum Gasteiger partial charge on any atom is 0.231 e. The average molecular weight is 278 g/mol. The summed E-state index contributed by atoms with van der Waals surface area (Å²) in [4.78, 5) is 12.3. The number of carbonyl (C=O) groups is 1. The van der Waals surface area contributed by atoms with Crippen molar-refractivity contribution in [3.05, 3.63) is 28.8 Å². The topological polar surface area (TPSA) is 64.9 Å². The largest absolute Gasteiger partial charge is 0.324 e. The van der Waals surface area contributed by atoms with Gasteiger partial charge in [-0.2, -0.15) is 5.26 Å². The summed E-state index contributed by atoms with van der Waals surface area (Å²) in [6.07, 6.45) is 1.83. The second-order valence-corrected chi connectivity index (χ2v) is 5.51. The van der Waals surface area contributed by atoms with Gasteiger partial charge >= 0.3 is 0 Å². The lowest BCUT2D eigenvalue weighted by molar-refractivity contribution is -0.125. The number of benzene rings is 1. The average Bonchev–Trinajstić information content (AvgIpc) is 2.42. The highest BCUT2D eigenvalue weighted by Crippen LogP contribution is 2.29. The molecule has 2 N–H and O–H groups in total. The Hall–Kier alpha value is -1.57. The molecule has 1 aromatic rings. The molecular formula is C14H16ClN3O. The molecule has 1 fully saturated rings. The molecule has 1 amide bonds. The van der Waals surface area contributed by atoms with Crippen LogP contribution in [0.4, 0.5) is 5.69 Å². The fourth-order valence-electron chi connectivity index (χ4n) is 2.21. The van der Waals surface area contributed by atoms with Gasteiger partial charge < -0.3 is 10.6 Å². The summed E-state index contributed by atoms with van der Waals surface area (Å²) in [5.41, 5.74) is 0.550. The van der Waals surface area contributed by atoms with Crippen molar-refractivity contribution in [3.8, 4) is 6.07 Å². The van der Waals surface area contributed by atoms with Gasteiger partial charge in [0.2, 0.25) is 5.91 Å². The minimum absolute atomic E-state index is 0.0586. The molecular weight excluding hydrogens is 262 g/mol. The van der Waals surface area contributed by atoms with Crippen LogP contribution < -0.4 is 10.6 Å². The van der Waals surface area contributed by atoms with Gasteiger partial charge in [0.25, 0.3) is 0 Å². The Morgan fingerprint density at radius 3 is 3.00 bits per heavy atom. The first-order chi connectivity index (χ1) is 9.05. The minimum Gasteiger partial charge on any atom is -0.324 e. The Balaban J connectivity index is 2.16. The maximum absolute atomic E-state index is 12.3. The standard InChI is InChI=1S/C14H16ClN3O/c1-14(5-2-6-17-9-14)13(19)18-12-7-10(8-16)3-4-11(12)15/h3-4,7,17H,2,5-6,9H2,1H3,(H,18,19). The summed E-state index contributed by atoms with van der Waals surface area (Å²) >= 11 is 6.04. The first-order valence-corrected chi connectivity index (χ1v) is 6.65. The van der Waals surface area contributed by atoms with E-state index in [1.165, 1.54) is 0 Å². The van der Waals surface area contributed by atoms with Gasteiger partial charge in [-0.1, -0.05) is 11.6 Å². The van der Waals surface area contributed by atoms with Gasteiger partial charge in [-0.25, -0.2) is 0 Å². The molecule has 19 heavy (non-hydrogen) atoms. The number of piperidine rings is 1. The molecule has 0 aromatic heterocycles. The third kappa shape index (κ3) is 3.06. The number of hydrogen-bond acceptors (Lipinski definition) is 3. The van der Waals surface area contributed by atoms with Gasteiger partial charge in [-0.3, -0.25) is 4.79 Å². The van der Waals surface area contributed by atoms with E-state index >= 15 is 0 Å². The van der Waals surface area contributed by atoms with E-state index in [1.807, 2.05) is 13.0 Å². The van der Waals surface area contributed by atoms with Crippen LogP contribution in [0.5, 0.6) is 0 Å². The number of amides is 1. The van der Waals surface area contributed by atoms with Crippen LogP contribution in [-0.4, -0.2) is 19.0 Å². The van der Waals surface area contributed by atoms with Gasteiger partial charge in [0.1, 0.15) is 0 Å². The van der Waals surface area contributed by atoms with Crippen LogP contribution in [-0.2, 0) is 4.79 Å². The Kier molecular flexibility index (Phi) is 4.08. The highest BCUT2D eigenvalue weighted by Gasteiger charge is 2.34. The summed E-state index contributed by atoms with van der Waals surface area (Å²) < 4.78 is 0. The van der Waals surface area contributed by atoms with Crippen LogP contribution in [0.3, 0.4) is 0 Å². The molecule has 0 bridgehead atoms. The molecule has 0 saturated carbocycles. The molecule has 1 heterocycles. The summed E-state index contributed by atoms with van der Waals surface area (Å²) in [6, 6.07) is 6.88. The monoisotopic (exact) mass is 277 g/mol. The van der Waals surface area contributed by atoms with E-state index in [-0.39, 0.29) is 5.91 Å². The number of halogens is 1. The maximum atomic E-state index is 12.3. The molecule has 0 radical (unpaired) electrons. The lowest BCUT2D eigenvalue weighted by Crippen LogP contribution is -2.46. The Labute approximate surface area is 117 Å². The Bertz CT molecular complexity index is 530. The number of nitrogens with zero attached hydrogens (tertiary/aromatic N) is 1. The first-order valence-electron chi connectivity index (χ1n) is 6.27. The highest BCUT2D eigenvalue weighted by atomic mass is 35.5. The molecule has 1 aliphatic rings. The third-order valence-electron chi connectivity index (χ3n) is 3.49. The molecule has 1 aromatic carbocycles. The van der Waals surface area contributed by atoms with Gasteiger partial charge in [0, 0.05) is 6.54 Å². The van der Waals surface area contributed by atoms with Crippen LogP contribution in [0, 0.1) is 16.7 Å². The van der Waals surface area contributed by atoms with Crippen LogP contribution in [0.2, 0.25) is 5.02 Å². The zero-order valence-electron chi connectivity index (χ0n) is 10.8. The molecule has 2 rings (SSSR count). The zero-order valence-corrected chi connectivity index (χ0v) is 11.5. The van der Waals surface area contributed by atoms with Crippen molar-refractivity contribution in [1.82, 2.24) is 5.32 Å². The molecule has 1 unspecified atom stereocenters. The fraction of sp³-hybridized carbons (Fsp3) is 0.429. The zero-order chi connectivity index (χ0) is 13.9. The van der Waals surface area contributed by atoms with Gasteiger partial charge in [-0.15, -0.1) is 0 Å². The lowest BCUT2D eigenvalue weighted by atomic mass is 9.82. The number of anilines is 1.